The number of benzene rings is 1. The molecule has 7 nitrogen and oxygen atoms in total. The Kier molecular flexibility index (Phi) is 2.64. The Balaban J connectivity index is 1.99. The predicted molar refractivity (Wildman–Crippen MR) is 68.0 cm³/mol. The van der Waals surface area contributed by atoms with Crippen molar-refractivity contribution in [3.05, 3.63) is 48.8 Å². The number of nitrogens with zero attached hydrogens (tertiary/aromatic N) is 4. The molecule has 0 unspecified atom stereocenters. The number of aromatic nitrogens is 4. The summed E-state index contributed by atoms with van der Waals surface area (Å²) in [6.07, 6.45) is 2.89. The molecule has 96 valence electrons. The van der Waals surface area contributed by atoms with Crippen LogP contribution in [0.4, 0.5) is 5.69 Å². The molecule has 8 heteroatoms. The number of nitrogens with one attached hydrogen (secondary N) is 1. The fraction of sp³-hybridized carbons (Fsp3) is 0. The second kappa shape index (κ2) is 4.32. The van der Waals surface area contributed by atoms with Gasteiger partial charge in [0.25, 0.3) is 10.0 Å². The van der Waals surface area contributed by atoms with Crippen molar-refractivity contribution in [1.82, 2.24) is 19.8 Å². The standard InChI is InChI=1S/C11H9N5O2S/c17-19(18,14-9-4-2-1-3-5-9)11-6-7-16-10(13-11)8-12-15-16/h1-8,14H. The predicted octanol–water partition coefficient (Wildman–Crippen LogP) is 0.925. The molecule has 0 amide bonds. The SMILES string of the molecule is O=S(=O)(Nc1ccccc1)c1ccn2nncc2n1. The van der Waals surface area contributed by atoms with Gasteiger partial charge in [0.2, 0.25) is 0 Å². The summed E-state index contributed by atoms with van der Waals surface area (Å²) >= 11 is 0. The van der Waals surface area contributed by atoms with Crippen LogP contribution in [0.2, 0.25) is 0 Å². The topological polar surface area (TPSA) is 89.2 Å². The van der Waals surface area contributed by atoms with Crippen molar-refractivity contribution in [2.24, 2.45) is 0 Å². The van der Waals surface area contributed by atoms with E-state index in [9.17, 15) is 8.42 Å². The lowest BCUT2D eigenvalue weighted by Crippen LogP contribution is -2.14. The van der Waals surface area contributed by atoms with Gasteiger partial charge in [0, 0.05) is 11.9 Å². The van der Waals surface area contributed by atoms with E-state index in [1.807, 2.05) is 0 Å². The van der Waals surface area contributed by atoms with Gasteiger partial charge in [0.05, 0.1) is 6.20 Å². The molecular weight excluding hydrogens is 266 g/mol. The maximum atomic E-state index is 12.1. The molecule has 0 bridgehead atoms. The van der Waals surface area contributed by atoms with Crippen LogP contribution in [0.5, 0.6) is 0 Å². The molecule has 1 aromatic carbocycles. The first-order valence-electron chi connectivity index (χ1n) is 5.40. The molecule has 0 saturated heterocycles. The summed E-state index contributed by atoms with van der Waals surface area (Å²) in [4.78, 5) is 3.99. The second-order valence-electron chi connectivity index (χ2n) is 3.77. The number of anilines is 1. The average molecular weight is 275 g/mol. The summed E-state index contributed by atoms with van der Waals surface area (Å²) in [5, 5.41) is 7.28. The van der Waals surface area contributed by atoms with Crippen LogP contribution in [0.3, 0.4) is 0 Å². The van der Waals surface area contributed by atoms with Crippen LogP contribution in [-0.2, 0) is 10.0 Å². The lowest BCUT2D eigenvalue weighted by molar-refractivity contribution is 0.597. The Morgan fingerprint density at radius 1 is 1.11 bits per heavy atom. The van der Waals surface area contributed by atoms with Gasteiger partial charge >= 0.3 is 0 Å². The van der Waals surface area contributed by atoms with E-state index in [0.29, 0.717) is 11.3 Å². The van der Waals surface area contributed by atoms with E-state index in [0.717, 1.165) is 0 Å². The minimum absolute atomic E-state index is 0.0776. The van der Waals surface area contributed by atoms with Crippen molar-refractivity contribution < 1.29 is 8.42 Å². The van der Waals surface area contributed by atoms with Crippen LogP contribution >= 0.6 is 0 Å². The van der Waals surface area contributed by atoms with Crippen molar-refractivity contribution in [3.8, 4) is 0 Å². The van der Waals surface area contributed by atoms with Crippen LogP contribution in [0, 0.1) is 0 Å². The molecule has 1 N–H and O–H groups in total. The molecule has 2 aromatic heterocycles. The number of rotatable bonds is 3. The first-order chi connectivity index (χ1) is 9.15. The highest BCUT2D eigenvalue weighted by Crippen LogP contribution is 2.14. The van der Waals surface area contributed by atoms with Crippen molar-refractivity contribution in [2.45, 2.75) is 5.03 Å². The molecule has 0 fully saturated rings. The van der Waals surface area contributed by atoms with E-state index in [1.165, 1.54) is 23.0 Å². The van der Waals surface area contributed by atoms with Crippen LogP contribution in [0.25, 0.3) is 5.65 Å². The summed E-state index contributed by atoms with van der Waals surface area (Å²) in [7, 11) is -3.71. The molecule has 0 saturated carbocycles. The molecule has 2 heterocycles. The van der Waals surface area contributed by atoms with Gasteiger partial charge in [-0.15, -0.1) is 5.10 Å². The van der Waals surface area contributed by atoms with Gasteiger partial charge in [0.15, 0.2) is 10.7 Å². The van der Waals surface area contributed by atoms with E-state index >= 15 is 0 Å². The Morgan fingerprint density at radius 3 is 2.68 bits per heavy atom. The van der Waals surface area contributed by atoms with Gasteiger partial charge in [-0.2, -0.15) is 8.42 Å². The average Bonchev–Trinajstić information content (AvgIpc) is 2.86. The third-order valence-electron chi connectivity index (χ3n) is 2.44. The van der Waals surface area contributed by atoms with E-state index in [2.05, 4.69) is 20.0 Å². The highest BCUT2D eigenvalue weighted by atomic mass is 32.2. The van der Waals surface area contributed by atoms with Gasteiger partial charge in [-0.25, -0.2) is 9.50 Å². The molecule has 0 spiro atoms. The Labute approximate surface area is 109 Å². The zero-order valence-corrected chi connectivity index (χ0v) is 10.4. The van der Waals surface area contributed by atoms with Crippen molar-refractivity contribution in [3.63, 3.8) is 0 Å². The quantitative estimate of drug-likeness (QED) is 0.718. The van der Waals surface area contributed by atoms with Crippen LogP contribution < -0.4 is 4.72 Å². The lowest BCUT2D eigenvalue weighted by atomic mass is 10.3. The first-order valence-corrected chi connectivity index (χ1v) is 6.88. The fourth-order valence-electron chi connectivity index (χ4n) is 1.57. The van der Waals surface area contributed by atoms with Gasteiger partial charge in [-0.3, -0.25) is 4.72 Å². The van der Waals surface area contributed by atoms with Crippen molar-refractivity contribution in [1.29, 1.82) is 0 Å². The monoisotopic (exact) mass is 275 g/mol. The van der Waals surface area contributed by atoms with Gasteiger partial charge in [-0.1, -0.05) is 23.4 Å². The van der Waals surface area contributed by atoms with E-state index in [4.69, 9.17) is 0 Å². The molecule has 0 aliphatic rings. The maximum absolute atomic E-state index is 12.1. The number of sulfonamides is 1. The number of fused-ring (bicyclic) bond motifs is 1. The second-order valence-corrected chi connectivity index (χ2v) is 5.40. The third kappa shape index (κ3) is 2.25. The van der Waals surface area contributed by atoms with Gasteiger partial charge in [0.1, 0.15) is 0 Å². The zero-order valence-electron chi connectivity index (χ0n) is 9.63. The maximum Gasteiger partial charge on any atom is 0.279 e. The normalized spacial score (nSPS) is 11.6. The van der Waals surface area contributed by atoms with E-state index < -0.39 is 10.0 Å². The molecule has 3 aromatic rings. The Bertz CT molecular complexity index is 813. The zero-order chi connectivity index (χ0) is 13.3. The molecule has 19 heavy (non-hydrogen) atoms. The van der Waals surface area contributed by atoms with Gasteiger partial charge < -0.3 is 0 Å². The molecule has 3 rings (SSSR count). The summed E-state index contributed by atoms with van der Waals surface area (Å²) in [6, 6.07) is 9.99. The van der Waals surface area contributed by atoms with Crippen LogP contribution in [-0.4, -0.2) is 28.2 Å². The summed E-state index contributed by atoms with van der Waals surface area (Å²) in [5.74, 6) is 0. The Morgan fingerprint density at radius 2 is 1.89 bits per heavy atom. The number of hydrogen-bond acceptors (Lipinski definition) is 5. The van der Waals surface area contributed by atoms with E-state index in [-0.39, 0.29) is 5.03 Å². The van der Waals surface area contributed by atoms with Crippen molar-refractivity contribution in [2.75, 3.05) is 4.72 Å². The molecular formula is C11H9N5O2S. The Hall–Kier alpha value is -2.48. The fourth-order valence-corrected chi connectivity index (χ4v) is 2.58. The number of hydrogen-bond donors (Lipinski definition) is 1. The third-order valence-corrected chi connectivity index (χ3v) is 3.72. The smallest absolute Gasteiger partial charge is 0.278 e. The summed E-state index contributed by atoms with van der Waals surface area (Å²) < 4.78 is 28.1. The largest absolute Gasteiger partial charge is 0.279 e. The highest BCUT2D eigenvalue weighted by molar-refractivity contribution is 7.92. The van der Waals surface area contributed by atoms with Crippen LogP contribution in [0.15, 0.2) is 53.8 Å². The number of para-hydroxylation sites is 1. The highest BCUT2D eigenvalue weighted by Gasteiger charge is 2.16. The summed E-state index contributed by atoms with van der Waals surface area (Å²) in [5.41, 5.74) is 0.853. The molecule has 0 aliphatic carbocycles. The van der Waals surface area contributed by atoms with Crippen molar-refractivity contribution >= 4 is 21.4 Å². The lowest BCUT2D eigenvalue weighted by Gasteiger charge is -2.06. The summed E-state index contributed by atoms with van der Waals surface area (Å²) in [6.45, 7) is 0. The minimum atomic E-state index is -3.71. The molecule has 0 atom stereocenters. The minimum Gasteiger partial charge on any atom is -0.278 e. The van der Waals surface area contributed by atoms with E-state index in [1.54, 1.807) is 30.3 Å². The van der Waals surface area contributed by atoms with Gasteiger partial charge in [-0.05, 0) is 18.2 Å². The molecule has 0 radical (unpaired) electrons. The molecule has 0 aliphatic heterocycles. The first kappa shape index (κ1) is 11.6. The van der Waals surface area contributed by atoms with Crippen LogP contribution in [0.1, 0.15) is 0 Å².